The maximum absolute atomic E-state index is 12.5. The van der Waals surface area contributed by atoms with Crippen LogP contribution in [0.1, 0.15) is 25.0 Å². The lowest BCUT2D eigenvalue weighted by Gasteiger charge is -2.08. The van der Waals surface area contributed by atoms with E-state index in [0.717, 1.165) is 12.1 Å². The third kappa shape index (κ3) is 4.80. The maximum Gasteiger partial charge on any atom is 0.417 e. The topological polar surface area (TPSA) is 36.1 Å². The van der Waals surface area contributed by atoms with Crippen molar-refractivity contribution < 1.29 is 13.2 Å². The first kappa shape index (κ1) is 16.5. The summed E-state index contributed by atoms with van der Waals surface area (Å²) < 4.78 is 37.6. The van der Waals surface area contributed by atoms with Crippen LogP contribution < -0.4 is 0 Å². The van der Waals surface area contributed by atoms with Gasteiger partial charge in [0.2, 0.25) is 0 Å². The van der Waals surface area contributed by atoms with E-state index in [4.69, 9.17) is 5.26 Å². The number of aliphatic imine (C=N–C) groups is 1. The highest BCUT2D eigenvalue weighted by molar-refractivity contribution is 8.11. The number of hydrogen-bond acceptors (Lipinski definition) is 3. The van der Waals surface area contributed by atoms with E-state index in [1.807, 2.05) is 13.8 Å². The van der Waals surface area contributed by atoms with E-state index in [0.29, 0.717) is 0 Å². The summed E-state index contributed by atoms with van der Waals surface area (Å²) in [5, 5.41) is 8.56. The highest BCUT2D eigenvalue weighted by Crippen LogP contribution is 2.34. The second-order valence-corrected chi connectivity index (χ2v) is 3.49. The molecule has 0 aliphatic rings. The molecule has 0 fully saturated rings. The fourth-order valence-electron chi connectivity index (χ4n) is 1.06. The molecule has 0 heterocycles. The summed E-state index contributed by atoms with van der Waals surface area (Å²) in [6.45, 7) is 4.00. The largest absolute Gasteiger partial charge is 0.417 e. The Morgan fingerprint density at radius 1 is 1.33 bits per heavy atom. The summed E-state index contributed by atoms with van der Waals surface area (Å²) in [4.78, 5) is 3.80. The highest BCUT2D eigenvalue weighted by atomic mass is 32.2. The predicted octanol–water partition coefficient (Wildman–Crippen LogP) is 4.63. The number of alkyl halides is 3. The van der Waals surface area contributed by atoms with Crippen LogP contribution in [-0.2, 0) is 6.18 Å². The standard InChI is InChI=1S/C10H7F3N2S.C2H6/c1-16-6-15-8-3-2-7(5-14)9(4-8)10(11,12)13;1-2/h2-4,6H,1H3;1-2H3. The second-order valence-electron chi connectivity index (χ2n) is 2.81. The Morgan fingerprint density at radius 2 is 1.94 bits per heavy atom. The maximum atomic E-state index is 12.5. The summed E-state index contributed by atoms with van der Waals surface area (Å²) in [5.41, 5.74) is 0.267. The van der Waals surface area contributed by atoms with Gasteiger partial charge >= 0.3 is 6.18 Å². The molecular formula is C12H13F3N2S. The lowest BCUT2D eigenvalue weighted by atomic mass is 10.1. The molecule has 1 rings (SSSR count). The number of halogens is 3. The zero-order valence-electron chi connectivity index (χ0n) is 10.2. The van der Waals surface area contributed by atoms with Crippen LogP contribution in [0, 0.1) is 11.3 Å². The lowest BCUT2D eigenvalue weighted by Crippen LogP contribution is -2.07. The molecule has 0 aliphatic carbocycles. The minimum atomic E-state index is -4.53. The van der Waals surface area contributed by atoms with Crippen molar-refractivity contribution in [3.05, 3.63) is 29.3 Å². The van der Waals surface area contributed by atoms with Crippen LogP contribution >= 0.6 is 11.8 Å². The molecule has 0 saturated heterocycles. The van der Waals surface area contributed by atoms with Crippen LogP contribution in [0.15, 0.2) is 23.2 Å². The van der Waals surface area contributed by atoms with Crippen molar-refractivity contribution in [3.8, 4) is 6.07 Å². The average Bonchev–Trinajstić information content (AvgIpc) is 2.37. The fourth-order valence-corrected chi connectivity index (χ4v) is 1.29. The smallest absolute Gasteiger partial charge is 0.250 e. The normalized spacial score (nSPS) is 10.7. The summed E-state index contributed by atoms with van der Waals surface area (Å²) in [6, 6.07) is 4.87. The molecule has 0 spiro atoms. The molecule has 0 atom stereocenters. The van der Waals surface area contributed by atoms with E-state index in [2.05, 4.69) is 4.99 Å². The minimum absolute atomic E-state index is 0.181. The van der Waals surface area contributed by atoms with Crippen molar-refractivity contribution in [3.63, 3.8) is 0 Å². The Morgan fingerprint density at radius 3 is 2.39 bits per heavy atom. The monoisotopic (exact) mass is 274 g/mol. The van der Waals surface area contributed by atoms with Gasteiger partial charge < -0.3 is 0 Å². The van der Waals surface area contributed by atoms with Crippen LogP contribution in [0.2, 0.25) is 0 Å². The number of nitrogens with zero attached hydrogens (tertiary/aromatic N) is 2. The van der Waals surface area contributed by atoms with E-state index in [1.54, 1.807) is 6.26 Å². The molecule has 0 aromatic heterocycles. The van der Waals surface area contributed by atoms with Gasteiger partial charge in [-0.3, -0.25) is 4.99 Å². The summed E-state index contributed by atoms with van der Waals surface area (Å²) in [5.74, 6) is 0. The fraction of sp³-hybridized carbons (Fsp3) is 0.333. The van der Waals surface area contributed by atoms with Gasteiger partial charge in [0.05, 0.1) is 28.4 Å². The van der Waals surface area contributed by atoms with Crippen LogP contribution in [0.25, 0.3) is 0 Å². The zero-order chi connectivity index (χ0) is 14.2. The van der Waals surface area contributed by atoms with Gasteiger partial charge in [-0.05, 0) is 24.5 Å². The number of hydrogen-bond donors (Lipinski definition) is 0. The molecular weight excluding hydrogens is 261 g/mol. The molecule has 0 aliphatic heterocycles. The third-order valence-corrected chi connectivity index (χ3v) is 2.05. The Balaban J connectivity index is 0.00000137. The third-order valence-electron chi connectivity index (χ3n) is 1.74. The Hall–Kier alpha value is -1.48. The van der Waals surface area contributed by atoms with E-state index in [9.17, 15) is 13.2 Å². The van der Waals surface area contributed by atoms with Crippen LogP contribution in [-0.4, -0.2) is 11.8 Å². The van der Waals surface area contributed by atoms with Crippen molar-refractivity contribution in [2.75, 3.05) is 6.26 Å². The van der Waals surface area contributed by atoms with Gasteiger partial charge in [0.25, 0.3) is 0 Å². The van der Waals surface area contributed by atoms with Gasteiger partial charge in [-0.1, -0.05) is 13.8 Å². The van der Waals surface area contributed by atoms with Crippen molar-refractivity contribution >= 4 is 23.0 Å². The first-order valence-corrected chi connectivity index (χ1v) is 6.44. The van der Waals surface area contributed by atoms with Crippen molar-refractivity contribution in [2.24, 2.45) is 4.99 Å². The number of thioether (sulfide) groups is 1. The summed E-state index contributed by atoms with van der Waals surface area (Å²) in [6.07, 6.45) is -2.78. The molecule has 2 nitrogen and oxygen atoms in total. The Bertz CT molecular complexity index is 448. The molecule has 0 radical (unpaired) electrons. The van der Waals surface area contributed by atoms with Crippen LogP contribution in [0.5, 0.6) is 0 Å². The molecule has 18 heavy (non-hydrogen) atoms. The number of rotatable bonds is 2. The quantitative estimate of drug-likeness (QED) is 0.582. The van der Waals surface area contributed by atoms with Crippen molar-refractivity contribution in [2.45, 2.75) is 20.0 Å². The van der Waals surface area contributed by atoms with E-state index in [1.165, 1.54) is 29.4 Å². The summed E-state index contributed by atoms with van der Waals surface area (Å²) >= 11 is 1.28. The molecule has 0 unspecified atom stereocenters. The molecule has 6 heteroatoms. The number of nitriles is 1. The molecule has 1 aromatic carbocycles. The average molecular weight is 274 g/mol. The Kier molecular flexibility index (Phi) is 7.13. The van der Waals surface area contributed by atoms with Gasteiger partial charge in [-0.15, -0.1) is 11.8 Å². The first-order valence-electron chi connectivity index (χ1n) is 5.15. The molecule has 98 valence electrons. The van der Waals surface area contributed by atoms with Gasteiger partial charge in [-0.2, -0.15) is 18.4 Å². The highest BCUT2D eigenvalue weighted by Gasteiger charge is 2.33. The van der Waals surface area contributed by atoms with Crippen molar-refractivity contribution in [1.82, 2.24) is 0 Å². The first-order chi connectivity index (χ1) is 8.49. The molecule has 0 bridgehead atoms. The van der Waals surface area contributed by atoms with Crippen LogP contribution in [0.4, 0.5) is 18.9 Å². The molecule has 0 N–H and O–H groups in total. The van der Waals surface area contributed by atoms with Gasteiger partial charge in [0, 0.05) is 0 Å². The summed E-state index contributed by atoms with van der Waals surface area (Å²) in [7, 11) is 0. The van der Waals surface area contributed by atoms with Gasteiger partial charge in [0.1, 0.15) is 0 Å². The Labute approximate surface area is 109 Å². The van der Waals surface area contributed by atoms with E-state index in [-0.39, 0.29) is 5.69 Å². The predicted molar refractivity (Wildman–Crippen MR) is 69.2 cm³/mol. The van der Waals surface area contributed by atoms with E-state index >= 15 is 0 Å². The lowest BCUT2D eigenvalue weighted by molar-refractivity contribution is -0.137. The molecule has 0 saturated carbocycles. The number of benzene rings is 1. The van der Waals surface area contributed by atoms with Gasteiger partial charge in [0.15, 0.2) is 0 Å². The minimum Gasteiger partial charge on any atom is -0.250 e. The molecule has 0 amide bonds. The van der Waals surface area contributed by atoms with Gasteiger partial charge in [-0.25, -0.2) is 0 Å². The van der Waals surface area contributed by atoms with Crippen molar-refractivity contribution in [1.29, 1.82) is 5.26 Å². The second kappa shape index (κ2) is 7.77. The zero-order valence-corrected chi connectivity index (χ0v) is 11.1. The SMILES string of the molecule is CC.CSC=Nc1ccc(C#N)c(C(F)(F)F)c1. The van der Waals surface area contributed by atoms with E-state index < -0.39 is 17.3 Å². The van der Waals surface area contributed by atoms with Crippen LogP contribution in [0.3, 0.4) is 0 Å². The molecule has 1 aromatic rings.